The summed E-state index contributed by atoms with van der Waals surface area (Å²) in [5.74, 6) is 1.75. The minimum absolute atomic E-state index is 0.145. The van der Waals surface area contributed by atoms with E-state index in [1.807, 2.05) is 12.5 Å². The molecule has 1 aliphatic carbocycles. The summed E-state index contributed by atoms with van der Waals surface area (Å²) in [7, 11) is 0. The van der Waals surface area contributed by atoms with Gasteiger partial charge in [0.05, 0.1) is 12.0 Å². The van der Waals surface area contributed by atoms with E-state index in [2.05, 4.69) is 23.4 Å². The van der Waals surface area contributed by atoms with E-state index in [0.717, 1.165) is 24.8 Å². The number of hydrogen-bond acceptors (Lipinski definition) is 2. The van der Waals surface area contributed by atoms with Gasteiger partial charge in [-0.3, -0.25) is 0 Å². The number of nitrogens with zero attached hydrogens (tertiary/aromatic N) is 2. The lowest BCUT2D eigenvalue weighted by Crippen LogP contribution is -2.15. The molecule has 3 nitrogen and oxygen atoms in total. The molecule has 14 heavy (non-hydrogen) atoms. The molecular formula is C11H19N3. The Bertz CT molecular complexity index is 305. The maximum atomic E-state index is 6.01. The number of nitrogens with two attached hydrogens (primary N) is 1. The molecule has 2 rings (SSSR count). The summed E-state index contributed by atoms with van der Waals surface area (Å²) in [6.07, 6.45) is 6.15. The van der Waals surface area contributed by atoms with Crippen molar-refractivity contribution in [2.75, 3.05) is 0 Å². The predicted octanol–water partition coefficient (Wildman–Crippen LogP) is 1.95. The zero-order chi connectivity index (χ0) is 10.1. The highest BCUT2D eigenvalue weighted by molar-refractivity contribution is 5.05. The van der Waals surface area contributed by atoms with Gasteiger partial charge in [0, 0.05) is 18.8 Å². The number of aromatic nitrogens is 2. The normalized spacial score (nSPS) is 27.6. The Morgan fingerprint density at radius 3 is 3.00 bits per heavy atom. The van der Waals surface area contributed by atoms with Crippen molar-refractivity contribution < 1.29 is 0 Å². The van der Waals surface area contributed by atoms with Gasteiger partial charge in [-0.15, -0.1) is 0 Å². The van der Waals surface area contributed by atoms with Crippen molar-refractivity contribution in [3.8, 4) is 0 Å². The fraction of sp³-hybridized carbons (Fsp3) is 0.727. The number of imidazole rings is 1. The van der Waals surface area contributed by atoms with Gasteiger partial charge in [0.2, 0.25) is 0 Å². The molecule has 0 bridgehead atoms. The minimum atomic E-state index is 0.145. The Hall–Kier alpha value is -0.830. The van der Waals surface area contributed by atoms with Gasteiger partial charge in [0.15, 0.2) is 0 Å². The second kappa shape index (κ2) is 3.73. The van der Waals surface area contributed by atoms with Crippen LogP contribution in [0.4, 0.5) is 0 Å². The maximum absolute atomic E-state index is 6.01. The first-order valence-corrected chi connectivity index (χ1v) is 5.48. The summed E-state index contributed by atoms with van der Waals surface area (Å²) in [5, 5.41) is 0. The van der Waals surface area contributed by atoms with E-state index >= 15 is 0 Å². The van der Waals surface area contributed by atoms with E-state index in [0.29, 0.717) is 0 Å². The molecule has 0 aliphatic heterocycles. The van der Waals surface area contributed by atoms with Crippen LogP contribution in [0.5, 0.6) is 0 Å². The van der Waals surface area contributed by atoms with Gasteiger partial charge >= 0.3 is 0 Å². The Kier molecular flexibility index (Phi) is 2.59. The van der Waals surface area contributed by atoms with Gasteiger partial charge in [-0.05, 0) is 24.7 Å². The molecule has 2 unspecified atom stereocenters. The van der Waals surface area contributed by atoms with Crippen molar-refractivity contribution in [2.45, 2.75) is 39.3 Å². The Labute approximate surface area is 85.3 Å². The van der Waals surface area contributed by atoms with E-state index < -0.39 is 0 Å². The average molecular weight is 193 g/mol. The Morgan fingerprint density at radius 1 is 1.71 bits per heavy atom. The second-order valence-electron chi connectivity index (χ2n) is 4.46. The third-order valence-corrected chi connectivity index (χ3v) is 3.27. The third-order valence-electron chi connectivity index (χ3n) is 3.27. The van der Waals surface area contributed by atoms with E-state index in [9.17, 15) is 0 Å². The van der Waals surface area contributed by atoms with Crippen LogP contribution in [0.3, 0.4) is 0 Å². The second-order valence-corrected chi connectivity index (χ2v) is 4.46. The highest BCUT2D eigenvalue weighted by Gasteiger charge is 2.33. The monoisotopic (exact) mass is 193 g/mol. The van der Waals surface area contributed by atoms with E-state index in [1.54, 1.807) is 0 Å². The quantitative estimate of drug-likeness (QED) is 0.794. The lowest BCUT2D eigenvalue weighted by atomic mass is 10.2. The molecule has 0 spiro atoms. The molecule has 1 aromatic rings. The third kappa shape index (κ3) is 1.82. The number of rotatable bonds is 4. The summed E-state index contributed by atoms with van der Waals surface area (Å²) in [4.78, 5) is 4.18. The van der Waals surface area contributed by atoms with Gasteiger partial charge in [0.25, 0.3) is 0 Å². The van der Waals surface area contributed by atoms with E-state index in [1.165, 1.54) is 12.1 Å². The molecule has 2 N–H and O–H groups in total. The van der Waals surface area contributed by atoms with Crippen molar-refractivity contribution in [1.29, 1.82) is 0 Å². The van der Waals surface area contributed by atoms with Gasteiger partial charge in [-0.2, -0.15) is 0 Å². The summed E-state index contributed by atoms with van der Waals surface area (Å²) in [5.41, 5.74) is 7.20. The lowest BCUT2D eigenvalue weighted by Gasteiger charge is -2.12. The first-order valence-electron chi connectivity index (χ1n) is 5.48. The van der Waals surface area contributed by atoms with Gasteiger partial charge in [-0.25, -0.2) is 4.98 Å². The molecule has 1 fully saturated rings. The molecule has 0 radical (unpaired) electrons. The highest BCUT2D eigenvalue weighted by Crippen LogP contribution is 2.39. The molecule has 0 saturated heterocycles. The summed E-state index contributed by atoms with van der Waals surface area (Å²) in [6.45, 7) is 5.52. The molecule has 1 aliphatic rings. The lowest BCUT2D eigenvalue weighted by molar-refractivity contribution is 0.540. The van der Waals surface area contributed by atoms with E-state index in [4.69, 9.17) is 5.73 Å². The topological polar surface area (TPSA) is 43.8 Å². The average Bonchev–Trinajstić information content (AvgIpc) is 2.67. The van der Waals surface area contributed by atoms with Crippen LogP contribution in [0.25, 0.3) is 0 Å². The molecule has 1 heterocycles. The van der Waals surface area contributed by atoms with Crippen molar-refractivity contribution in [1.82, 2.24) is 9.55 Å². The maximum Gasteiger partial charge on any atom is 0.0948 e. The number of hydrogen-bond donors (Lipinski definition) is 1. The summed E-state index contributed by atoms with van der Waals surface area (Å²) >= 11 is 0. The van der Waals surface area contributed by atoms with Gasteiger partial charge in [-0.1, -0.05) is 13.8 Å². The fourth-order valence-corrected chi connectivity index (χ4v) is 1.91. The SMILES string of the molecule is CC[C@@H](N)c1cncn1CC1CC1C. The Balaban J connectivity index is 2.05. The van der Waals surface area contributed by atoms with Crippen LogP contribution < -0.4 is 5.73 Å². The van der Waals surface area contributed by atoms with Crippen LogP contribution in [0.2, 0.25) is 0 Å². The minimum Gasteiger partial charge on any atom is -0.333 e. The largest absolute Gasteiger partial charge is 0.333 e. The van der Waals surface area contributed by atoms with Crippen molar-refractivity contribution in [2.24, 2.45) is 17.6 Å². The van der Waals surface area contributed by atoms with Crippen LogP contribution >= 0.6 is 0 Å². The highest BCUT2D eigenvalue weighted by atomic mass is 15.1. The Morgan fingerprint density at radius 2 is 2.43 bits per heavy atom. The summed E-state index contributed by atoms with van der Waals surface area (Å²) < 4.78 is 2.22. The van der Waals surface area contributed by atoms with Crippen LogP contribution in [0.15, 0.2) is 12.5 Å². The standard InChI is InChI=1S/C11H19N3/c1-3-10(12)11-5-13-7-14(11)6-9-4-8(9)2/h5,7-10H,3-4,6,12H2,1-2H3/t8?,9?,10-/m1/s1. The summed E-state index contributed by atoms with van der Waals surface area (Å²) in [6, 6.07) is 0.145. The van der Waals surface area contributed by atoms with Gasteiger partial charge < -0.3 is 10.3 Å². The van der Waals surface area contributed by atoms with E-state index in [-0.39, 0.29) is 6.04 Å². The van der Waals surface area contributed by atoms with Gasteiger partial charge in [0.1, 0.15) is 0 Å². The molecule has 1 aromatic heterocycles. The molecule has 0 amide bonds. The zero-order valence-electron chi connectivity index (χ0n) is 8.98. The first-order chi connectivity index (χ1) is 6.72. The van der Waals surface area contributed by atoms with Crippen LogP contribution in [0, 0.1) is 11.8 Å². The molecule has 1 saturated carbocycles. The molecule has 0 aromatic carbocycles. The van der Waals surface area contributed by atoms with Crippen LogP contribution in [-0.4, -0.2) is 9.55 Å². The molecule has 3 atom stereocenters. The molecule has 3 heteroatoms. The predicted molar refractivity (Wildman–Crippen MR) is 56.7 cm³/mol. The van der Waals surface area contributed by atoms with Crippen molar-refractivity contribution in [3.05, 3.63) is 18.2 Å². The first kappa shape index (κ1) is 9.71. The van der Waals surface area contributed by atoms with Crippen molar-refractivity contribution in [3.63, 3.8) is 0 Å². The smallest absolute Gasteiger partial charge is 0.0948 e. The van der Waals surface area contributed by atoms with Crippen molar-refractivity contribution >= 4 is 0 Å². The van der Waals surface area contributed by atoms with Crippen LogP contribution in [0.1, 0.15) is 38.4 Å². The molecular weight excluding hydrogens is 174 g/mol. The van der Waals surface area contributed by atoms with Crippen LogP contribution in [-0.2, 0) is 6.54 Å². The zero-order valence-corrected chi connectivity index (χ0v) is 8.98. The molecule has 78 valence electrons. The fourth-order valence-electron chi connectivity index (χ4n) is 1.91.